The van der Waals surface area contributed by atoms with Crippen LogP contribution in [0.25, 0.3) is 11.0 Å². The lowest BCUT2D eigenvalue weighted by Gasteiger charge is -2.10. The molecular formula is C25H22F3N3O3S2. The molecule has 188 valence electrons. The minimum Gasteiger partial charge on any atom is -0.465 e. The maximum atomic E-state index is 13.3. The van der Waals surface area contributed by atoms with Gasteiger partial charge in [0.1, 0.15) is 5.00 Å². The number of imidazole rings is 1. The van der Waals surface area contributed by atoms with E-state index in [1.165, 1.54) is 24.5 Å². The van der Waals surface area contributed by atoms with Crippen molar-refractivity contribution >= 4 is 51.0 Å². The summed E-state index contributed by atoms with van der Waals surface area (Å²) in [6.45, 7) is 4.00. The number of carbonyl (C=O) groups excluding carboxylic acids is 2. The van der Waals surface area contributed by atoms with Crippen LogP contribution in [0.4, 0.5) is 18.2 Å². The van der Waals surface area contributed by atoms with Crippen molar-refractivity contribution in [3.05, 3.63) is 75.7 Å². The smallest absolute Gasteiger partial charge is 0.416 e. The second-order valence-electron chi connectivity index (χ2n) is 7.98. The van der Waals surface area contributed by atoms with Crippen LogP contribution in [0, 0.1) is 13.8 Å². The average molecular weight is 534 g/mol. The Hall–Kier alpha value is -3.31. The summed E-state index contributed by atoms with van der Waals surface area (Å²) in [5.74, 6) is -0.966. The van der Waals surface area contributed by atoms with Gasteiger partial charge in [-0.05, 0) is 43.2 Å². The third kappa shape index (κ3) is 5.41. The van der Waals surface area contributed by atoms with E-state index in [4.69, 9.17) is 4.74 Å². The minimum atomic E-state index is -4.49. The molecule has 11 heteroatoms. The number of nitrogens with one attached hydrogen (secondary N) is 1. The summed E-state index contributed by atoms with van der Waals surface area (Å²) < 4.78 is 46.4. The van der Waals surface area contributed by atoms with Crippen molar-refractivity contribution in [2.45, 2.75) is 31.7 Å². The van der Waals surface area contributed by atoms with Crippen LogP contribution < -0.4 is 5.32 Å². The first-order valence-electron chi connectivity index (χ1n) is 10.8. The van der Waals surface area contributed by atoms with Gasteiger partial charge in [-0.3, -0.25) is 4.79 Å². The van der Waals surface area contributed by atoms with E-state index in [-0.39, 0.29) is 17.2 Å². The summed E-state index contributed by atoms with van der Waals surface area (Å²) in [7, 11) is 1.28. The molecule has 0 spiro atoms. The van der Waals surface area contributed by atoms with Gasteiger partial charge in [-0.15, -0.1) is 11.3 Å². The molecule has 0 bridgehead atoms. The molecule has 0 unspecified atom stereocenters. The summed E-state index contributed by atoms with van der Waals surface area (Å²) in [6.07, 6.45) is -4.49. The predicted molar refractivity (Wildman–Crippen MR) is 135 cm³/mol. The van der Waals surface area contributed by atoms with Crippen LogP contribution in [-0.4, -0.2) is 34.3 Å². The maximum Gasteiger partial charge on any atom is 0.416 e. The highest BCUT2D eigenvalue weighted by molar-refractivity contribution is 7.99. The second-order valence-corrected chi connectivity index (χ2v) is 10.2. The third-order valence-electron chi connectivity index (χ3n) is 5.58. The van der Waals surface area contributed by atoms with Crippen molar-refractivity contribution in [1.82, 2.24) is 9.55 Å². The number of ether oxygens (including phenoxy) is 1. The number of hydrogen-bond donors (Lipinski definition) is 1. The Morgan fingerprint density at radius 3 is 2.53 bits per heavy atom. The van der Waals surface area contributed by atoms with Crippen LogP contribution in [0.5, 0.6) is 0 Å². The number of rotatable bonds is 7. The van der Waals surface area contributed by atoms with Crippen LogP contribution in [0.3, 0.4) is 0 Å². The number of nitrogens with zero attached hydrogens (tertiary/aromatic N) is 2. The fraction of sp³-hybridized carbons (Fsp3) is 0.240. The summed E-state index contributed by atoms with van der Waals surface area (Å²) in [4.78, 5) is 30.2. The molecule has 2 aromatic heterocycles. The molecule has 0 atom stereocenters. The normalized spacial score (nSPS) is 11.6. The van der Waals surface area contributed by atoms with Crippen LogP contribution in [0.1, 0.15) is 31.9 Å². The average Bonchev–Trinajstić information content (AvgIpc) is 3.32. The van der Waals surface area contributed by atoms with Gasteiger partial charge in [0, 0.05) is 4.88 Å². The Morgan fingerprint density at radius 1 is 1.14 bits per heavy atom. The molecule has 0 saturated heterocycles. The lowest BCUT2D eigenvalue weighted by Crippen LogP contribution is -2.16. The van der Waals surface area contributed by atoms with Crippen molar-refractivity contribution in [3.8, 4) is 0 Å². The van der Waals surface area contributed by atoms with Gasteiger partial charge in [0.05, 0.1) is 41.6 Å². The number of hydrogen-bond acceptors (Lipinski definition) is 6. The molecule has 0 fully saturated rings. The Balaban J connectivity index is 1.61. The highest BCUT2D eigenvalue weighted by Crippen LogP contribution is 2.35. The van der Waals surface area contributed by atoms with E-state index in [1.54, 1.807) is 11.5 Å². The van der Waals surface area contributed by atoms with Gasteiger partial charge in [0.2, 0.25) is 5.91 Å². The van der Waals surface area contributed by atoms with Gasteiger partial charge in [-0.2, -0.15) is 13.2 Å². The standard InChI is InChI=1S/C25H22F3N3O3S2/c1-14-15(2)36-22(21(14)23(33)34-3)30-20(32)13-35-24-29-18-11-17(25(26,27)28)9-10-19(18)31(24)12-16-7-5-4-6-8-16/h4-11H,12-13H2,1-3H3,(H,30,32). The third-order valence-corrected chi connectivity index (χ3v) is 7.68. The quantitative estimate of drug-likeness (QED) is 0.223. The molecule has 1 N–H and O–H groups in total. The number of thiophene rings is 1. The second kappa shape index (κ2) is 10.4. The maximum absolute atomic E-state index is 13.3. The molecule has 0 aliphatic carbocycles. The first-order valence-corrected chi connectivity index (χ1v) is 12.6. The Morgan fingerprint density at radius 2 is 1.86 bits per heavy atom. The van der Waals surface area contributed by atoms with Gasteiger partial charge in [-0.1, -0.05) is 42.1 Å². The number of aryl methyl sites for hydroxylation is 1. The fourth-order valence-electron chi connectivity index (χ4n) is 3.67. The van der Waals surface area contributed by atoms with E-state index in [2.05, 4.69) is 10.3 Å². The van der Waals surface area contributed by atoms with E-state index in [9.17, 15) is 22.8 Å². The molecule has 36 heavy (non-hydrogen) atoms. The van der Waals surface area contributed by atoms with Crippen molar-refractivity contribution in [2.24, 2.45) is 0 Å². The van der Waals surface area contributed by atoms with Crippen LogP contribution in [0.15, 0.2) is 53.7 Å². The van der Waals surface area contributed by atoms with E-state index in [0.717, 1.165) is 39.9 Å². The van der Waals surface area contributed by atoms with Crippen LogP contribution >= 0.6 is 23.1 Å². The zero-order valence-electron chi connectivity index (χ0n) is 19.6. The number of carbonyl (C=O) groups is 2. The van der Waals surface area contributed by atoms with E-state index in [1.807, 2.05) is 37.3 Å². The minimum absolute atomic E-state index is 0.0547. The highest BCUT2D eigenvalue weighted by atomic mass is 32.2. The summed E-state index contributed by atoms with van der Waals surface area (Å²) in [5.41, 5.74) is 1.94. The topological polar surface area (TPSA) is 73.2 Å². The van der Waals surface area contributed by atoms with Crippen LogP contribution in [-0.2, 0) is 22.3 Å². The summed E-state index contributed by atoms with van der Waals surface area (Å²) in [6, 6.07) is 12.9. The van der Waals surface area contributed by atoms with Gasteiger partial charge in [0.15, 0.2) is 5.16 Å². The SMILES string of the molecule is COC(=O)c1c(NC(=O)CSc2nc3cc(C(F)(F)F)ccc3n2Cc2ccccc2)sc(C)c1C. The Bertz CT molecular complexity index is 1430. The molecule has 0 aliphatic rings. The predicted octanol–water partition coefficient (Wildman–Crippen LogP) is 6.30. The monoisotopic (exact) mass is 533 g/mol. The van der Waals surface area contributed by atoms with Gasteiger partial charge in [0.25, 0.3) is 0 Å². The molecule has 6 nitrogen and oxygen atoms in total. The highest BCUT2D eigenvalue weighted by Gasteiger charge is 2.31. The van der Waals surface area contributed by atoms with Gasteiger partial charge < -0.3 is 14.6 Å². The number of aromatic nitrogens is 2. The number of benzene rings is 2. The Kier molecular flexibility index (Phi) is 7.41. The van der Waals surface area contributed by atoms with E-state index >= 15 is 0 Å². The molecule has 4 rings (SSSR count). The first kappa shape index (κ1) is 25.8. The number of halogens is 3. The zero-order chi connectivity index (χ0) is 26.0. The van der Waals surface area contributed by atoms with E-state index < -0.39 is 17.7 Å². The van der Waals surface area contributed by atoms with Gasteiger partial charge in [-0.25, -0.2) is 9.78 Å². The lowest BCUT2D eigenvalue weighted by molar-refractivity contribution is -0.137. The number of esters is 1. The summed E-state index contributed by atoms with van der Waals surface area (Å²) in [5, 5.41) is 3.57. The number of alkyl halides is 3. The summed E-state index contributed by atoms with van der Waals surface area (Å²) >= 11 is 2.39. The van der Waals surface area contributed by atoms with Crippen LogP contribution in [0.2, 0.25) is 0 Å². The zero-order valence-corrected chi connectivity index (χ0v) is 21.2. The number of thioether (sulfide) groups is 1. The fourth-order valence-corrected chi connectivity index (χ4v) is 5.55. The number of fused-ring (bicyclic) bond motifs is 1. The molecule has 0 radical (unpaired) electrons. The molecule has 0 saturated carbocycles. The first-order chi connectivity index (χ1) is 17.1. The largest absolute Gasteiger partial charge is 0.465 e. The number of amides is 1. The molecule has 2 heterocycles. The molecule has 1 amide bonds. The lowest BCUT2D eigenvalue weighted by atomic mass is 10.1. The number of methoxy groups -OCH3 is 1. The van der Waals surface area contributed by atoms with Crippen molar-refractivity contribution in [3.63, 3.8) is 0 Å². The Labute approximate surface area is 213 Å². The van der Waals surface area contributed by atoms with Crippen molar-refractivity contribution in [1.29, 1.82) is 0 Å². The van der Waals surface area contributed by atoms with E-state index in [0.29, 0.717) is 27.8 Å². The van der Waals surface area contributed by atoms with Crippen molar-refractivity contribution in [2.75, 3.05) is 18.2 Å². The van der Waals surface area contributed by atoms with Gasteiger partial charge >= 0.3 is 12.1 Å². The molecule has 0 aliphatic heterocycles. The molecule has 4 aromatic rings. The molecular weight excluding hydrogens is 511 g/mol. The number of anilines is 1. The van der Waals surface area contributed by atoms with Crippen molar-refractivity contribution < 1.29 is 27.5 Å². The molecule has 2 aromatic carbocycles.